The summed E-state index contributed by atoms with van der Waals surface area (Å²) in [6.07, 6.45) is -5.26. The number of hydrogen-bond acceptors (Lipinski definition) is 8. The minimum atomic E-state index is -4.90. The van der Waals surface area contributed by atoms with Gasteiger partial charge in [-0.15, -0.1) is 0 Å². The minimum absolute atomic E-state index is 0.00451. The van der Waals surface area contributed by atoms with Crippen molar-refractivity contribution in [3.63, 3.8) is 0 Å². The van der Waals surface area contributed by atoms with Crippen LogP contribution in [0.15, 0.2) is 24.3 Å². The van der Waals surface area contributed by atoms with Gasteiger partial charge >= 0.3 is 12.3 Å². The number of rotatable bonds is 5. The molecule has 238 valence electrons. The molecule has 5 N–H and O–H groups in total. The average Bonchev–Trinajstić information content (AvgIpc) is 3.00. The monoisotopic (exact) mass is 615 g/mol. The largest absolute Gasteiger partial charge is 0.450 e. The Morgan fingerprint density at radius 3 is 2.42 bits per heavy atom. The fraction of sp³-hybridized carbons (Fsp3) is 0.593. The van der Waals surface area contributed by atoms with Crippen molar-refractivity contribution < 1.29 is 51.8 Å². The van der Waals surface area contributed by atoms with E-state index in [1.165, 1.54) is 16.4 Å². The number of cyclic esters (lactones) is 1. The maximum absolute atomic E-state index is 14.1. The number of carbonyl (C=O) groups is 5. The molecule has 0 spiro atoms. The summed E-state index contributed by atoms with van der Waals surface area (Å²) in [7, 11) is 0. The van der Waals surface area contributed by atoms with Crippen LogP contribution >= 0.6 is 0 Å². The SMILES string of the molecule is O=C1NCCCCC(C(=O)NCC(=O)N2CCOCC2)NC(=O)C(c2ccccc2C(F)(F)F)C(C(=O)NO)CCCO1. The van der Waals surface area contributed by atoms with Crippen molar-refractivity contribution in [2.75, 3.05) is 46.0 Å². The first-order valence-corrected chi connectivity index (χ1v) is 14.0. The first-order chi connectivity index (χ1) is 20.5. The van der Waals surface area contributed by atoms with Gasteiger partial charge in [-0.2, -0.15) is 13.2 Å². The van der Waals surface area contributed by atoms with Crippen LogP contribution in [0.25, 0.3) is 0 Å². The van der Waals surface area contributed by atoms with Crippen molar-refractivity contribution >= 4 is 29.7 Å². The second-order valence-electron chi connectivity index (χ2n) is 10.1. The topological polar surface area (TPSA) is 175 Å². The Bertz CT molecular complexity index is 1150. The van der Waals surface area contributed by atoms with E-state index in [0.717, 1.165) is 18.2 Å². The summed E-state index contributed by atoms with van der Waals surface area (Å²) < 4.78 is 52.4. The van der Waals surface area contributed by atoms with Crippen LogP contribution in [0.5, 0.6) is 0 Å². The standard InChI is InChI=1S/C27H36F3N5O8/c28-27(29,30)19-8-2-1-6-17(19)22-18(23(37)34-41)7-5-13-43-26(40)31-10-4-3-9-20(33-25(22)39)24(38)32-16-21(36)35-11-14-42-15-12-35/h1-2,6,8,18,20,22,41H,3-5,7,9-16H2,(H,31,40)(H,32,38)(H,33,39)(H,34,37). The van der Waals surface area contributed by atoms with Gasteiger partial charge in [0.25, 0.3) is 0 Å². The summed E-state index contributed by atoms with van der Waals surface area (Å²) in [5.74, 6) is -6.67. The molecule has 43 heavy (non-hydrogen) atoms. The molecule has 1 aromatic rings. The first-order valence-electron chi connectivity index (χ1n) is 14.0. The second kappa shape index (κ2) is 16.1. The number of nitrogens with one attached hydrogen (secondary N) is 4. The van der Waals surface area contributed by atoms with E-state index in [-0.39, 0.29) is 44.9 Å². The Balaban J connectivity index is 1.94. The van der Waals surface area contributed by atoms with E-state index in [9.17, 15) is 42.4 Å². The third kappa shape index (κ3) is 9.81. The molecule has 2 fully saturated rings. The number of morpholine rings is 1. The summed E-state index contributed by atoms with van der Waals surface area (Å²) in [5, 5.41) is 16.9. The summed E-state index contributed by atoms with van der Waals surface area (Å²) in [6, 6.07) is 2.93. The molecule has 0 saturated carbocycles. The fourth-order valence-corrected chi connectivity index (χ4v) is 5.02. The Morgan fingerprint density at radius 2 is 1.72 bits per heavy atom. The van der Waals surface area contributed by atoms with E-state index >= 15 is 0 Å². The predicted octanol–water partition coefficient (Wildman–Crippen LogP) is 1.06. The van der Waals surface area contributed by atoms with Crippen molar-refractivity contribution in [3.05, 3.63) is 35.4 Å². The minimum Gasteiger partial charge on any atom is -0.450 e. The zero-order chi connectivity index (χ0) is 31.4. The normalized spacial score (nSPS) is 23.0. The molecule has 2 aliphatic rings. The molecule has 2 heterocycles. The van der Waals surface area contributed by atoms with Gasteiger partial charge in [-0.25, -0.2) is 10.3 Å². The zero-order valence-electron chi connectivity index (χ0n) is 23.4. The molecule has 3 unspecified atom stereocenters. The highest BCUT2D eigenvalue weighted by molar-refractivity contribution is 5.95. The second-order valence-corrected chi connectivity index (χ2v) is 10.1. The molecule has 2 aliphatic heterocycles. The van der Waals surface area contributed by atoms with E-state index in [0.29, 0.717) is 39.1 Å². The molecule has 1 aromatic carbocycles. The van der Waals surface area contributed by atoms with Crippen molar-refractivity contribution in [2.45, 2.75) is 50.2 Å². The van der Waals surface area contributed by atoms with Crippen LogP contribution in [0.2, 0.25) is 0 Å². The number of hydroxylamine groups is 1. The van der Waals surface area contributed by atoms with Crippen LogP contribution in [0.3, 0.4) is 0 Å². The molecular weight excluding hydrogens is 579 g/mol. The molecule has 3 atom stereocenters. The van der Waals surface area contributed by atoms with Gasteiger partial charge in [-0.05, 0) is 43.7 Å². The highest BCUT2D eigenvalue weighted by Crippen LogP contribution is 2.39. The lowest BCUT2D eigenvalue weighted by atomic mass is 9.79. The van der Waals surface area contributed by atoms with Crippen LogP contribution < -0.4 is 21.4 Å². The van der Waals surface area contributed by atoms with Gasteiger partial charge in [-0.1, -0.05) is 18.2 Å². The Labute approximate surface area is 245 Å². The van der Waals surface area contributed by atoms with Gasteiger partial charge in [-0.3, -0.25) is 24.4 Å². The molecule has 0 radical (unpaired) electrons. The van der Waals surface area contributed by atoms with E-state index in [4.69, 9.17) is 9.47 Å². The smallest absolute Gasteiger partial charge is 0.416 e. The first kappa shape index (κ1) is 33.6. The number of benzene rings is 1. The average molecular weight is 616 g/mol. The summed E-state index contributed by atoms with van der Waals surface area (Å²) in [5.41, 5.74) is -0.292. The van der Waals surface area contributed by atoms with Gasteiger partial charge in [0.1, 0.15) is 6.04 Å². The number of carbonyl (C=O) groups excluding carboxylic acids is 5. The molecular formula is C27H36F3N5O8. The number of hydrogen-bond donors (Lipinski definition) is 5. The maximum Gasteiger partial charge on any atom is 0.416 e. The predicted molar refractivity (Wildman–Crippen MR) is 142 cm³/mol. The van der Waals surface area contributed by atoms with Crippen molar-refractivity contribution in [1.29, 1.82) is 0 Å². The lowest BCUT2D eigenvalue weighted by Crippen LogP contribution is -2.52. The Kier molecular flexibility index (Phi) is 12.5. The highest BCUT2D eigenvalue weighted by Gasteiger charge is 2.42. The number of alkyl halides is 3. The van der Waals surface area contributed by atoms with Gasteiger partial charge in [0, 0.05) is 19.6 Å². The van der Waals surface area contributed by atoms with Crippen LogP contribution in [-0.2, 0) is 34.8 Å². The number of nitrogens with zero attached hydrogens (tertiary/aromatic N) is 1. The molecule has 16 heteroatoms. The van der Waals surface area contributed by atoms with Crippen LogP contribution in [0, 0.1) is 5.92 Å². The van der Waals surface area contributed by atoms with Crippen molar-refractivity contribution in [2.24, 2.45) is 5.92 Å². The quantitative estimate of drug-likeness (QED) is 0.241. The van der Waals surface area contributed by atoms with Gasteiger partial charge in [0.05, 0.1) is 43.8 Å². The lowest BCUT2D eigenvalue weighted by molar-refractivity contribution is -0.142. The van der Waals surface area contributed by atoms with Crippen LogP contribution in [-0.4, -0.2) is 91.9 Å². The molecule has 13 nitrogen and oxygen atoms in total. The number of ether oxygens (including phenoxy) is 2. The number of halogens is 3. The number of amides is 5. The van der Waals surface area contributed by atoms with Crippen molar-refractivity contribution in [1.82, 2.24) is 26.3 Å². The van der Waals surface area contributed by atoms with Gasteiger partial charge in [0.15, 0.2) is 0 Å². The molecule has 0 aliphatic carbocycles. The Morgan fingerprint density at radius 1 is 1.00 bits per heavy atom. The zero-order valence-corrected chi connectivity index (χ0v) is 23.4. The van der Waals surface area contributed by atoms with E-state index in [1.54, 1.807) is 0 Å². The van der Waals surface area contributed by atoms with E-state index < -0.39 is 59.0 Å². The van der Waals surface area contributed by atoms with Crippen LogP contribution in [0.4, 0.5) is 18.0 Å². The Hall–Kier alpha value is -3.92. The third-order valence-corrected chi connectivity index (χ3v) is 7.23. The summed E-state index contributed by atoms with van der Waals surface area (Å²) >= 11 is 0. The van der Waals surface area contributed by atoms with Crippen LogP contribution in [0.1, 0.15) is 49.1 Å². The van der Waals surface area contributed by atoms with Gasteiger partial charge in [0.2, 0.25) is 23.6 Å². The molecule has 2 saturated heterocycles. The van der Waals surface area contributed by atoms with E-state index in [2.05, 4.69) is 16.0 Å². The highest BCUT2D eigenvalue weighted by atomic mass is 19.4. The summed E-state index contributed by atoms with van der Waals surface area (Å²) in [6.45, 7) is 0.991. The van der Waals surface area contributed by atoms with Gasteiger partial charge < -0.3 is 30.3 Å². The fourth-order valence-electron chi connectivity index (χ4n) is 5.02. The lowest BCUT2D eigenvalue weighted by Gasteiger charge is -2.29. The molecule has 0 bridgehead atoms. The number of alkyl carbamates (subject to hydrolysis) is 1. The summed E-state index contributed by atoms with van der Waals surface area (Å²) in [4.78, 5) is 65.8. The van der Waals surface area contributed by atoms with Crippen molar-refractivity contribution in [3.8, 4) is 0 Å². The molecule has 3 rings (SSSR count). The third-order valence-electron chi connectivity index (χ3n) is 7.23. The molecule has 0 aromatic heterocycles. The maximum atomic E-state index is 14.1. The van der Waals surface area contributed by atoms with E-state index in [1.807, 2.05) is 0 Å². The molecule has 5 amide bonds.